The summed E-state index contributed by atoms with van der Waals surface area (Å²) in [6, 6.07) is 11.5. The highest BCUT2D eigenvalue weighted by molar-refractivity contribution is 6.43. The van der Waals surface area contributed by atoms with E-state index in [0.29, 0.717) is 33.1 Å². The molecule has 0 saturated heterocycles. The van der Waals surface area contributed by atoms with Crippen molar-refractivity contribution >= 4 is 51.9 Å². The Bertz CT molecular complexity index is 907. The summed E-state index contributed by atoms with van der Waals surface area (Å²) in [6.45, 7) is 4.07. The SMILES string of the molecule is Cc1cc(C)cc(Nc2ncnc(Nc3cccc(Cl)c3Cl)c2N)c1. The Balaban J connectivity index is 1.91. The highest BCUT2D eigenvalue weighted by Gasteiger charge is 2.11. The molecule has 1 heterocycles. The summed E-state index contributed by atoms with van der Waals surface area (Å²) in [4.78, 5) is 8.42. The second kappa shape index (κ2) is 7.17. The van der Waals surface area contributed by atoms with Gasteiger partial charge >= 0.3 is 0 Å². The lowest BCUT2D eigenvalue weighted by atomic mass is 10.1. The minimum Gasteiger partial charge on any atom is -0.393 e. The van der Waals surface area contributed by atoms with Crippen LogP contribution in [0.3, 0.4) is 0 Å². The standard InChI is InChI=1S/C18H17Cl2N5/c1-10-6-11(2)8-12(7-10)24-17-16(21)18(23-9-22-17)25-14-5-3-4-13(19)15(14)20/h3-9H,21H2,1-2H3,(H2,22,23,24,25). The molecule has 7 heteroatoms. The maximum Gasteiger partial charge on any atom is 0.159 e. The predicted octanol–water partition coefficient (Wildman–Crippen LogP) is 5.47. The van der Waals surface area contributed by atoms with E-state index in [4.69, 9.17) is 28.9 Å². The third-order valence-electron chi connectivity index (χ3n) is 3.57. The van der Waals surface area contributed by atoms with Crippen molar-refractivity contribution in [3.05, 3.63) is 63.9 Å². The van der Waals surface area contributed by atoms with Crippen LogP contribution < -0.4 is 16.4 Å². The Labute approximate surface area is 156 Å². The number of rotatable bonds is 4. The monoisotopic (exact) mass is 373 g/mol. The van der Waals surface area contributed by atoms with Crippen LogP contribution >= 0.6 is 23.2 Å². The average Bonchev–Trinajstić information content (AvgIpc) is 2.54. The summed E-state index contributed by atoms with van der Waals surface area (Å²) in [5.74, 6) is 0.965. The van der Waals surface area contributed by atoms with E-state index in [1.54, 1.807) is 18.2 Å². The van der Waals surface area contributed by atoms with Crippen LogP contribution in [-0.4, -0.2) is 9.97 Å². The smallest absolute Gasteiger partial charge is 0.159 e. The molecule has 0 aliphatic carbocycles. The first-order valence-electron chi connectivity index (χ1n) is 7.61. The molecule has 5 nitrogen and oxygen atoms in total. The van der Waals surface area contributed by atoms with E-state index in [1.165, 1.54) is 6.33 Å². The molecule has 2 aromatic carbocycles. The maximum absolute atomic E-state index is 6.22. The van der Waals surface area contributed by atoms with Crippen molar-refractivity contribution in [2.45, 2.75) is 13.8 Å². The number of nitrogens with one attached hydrogen (secondary N) is 2. The first-order chi connectivity index (χ1) is 11.9. The van der Waals surface area contributed by atoms with E-state index in [-0.39, 0.29) is 0 Å². The lowest BCUT2D eigenvalue weighted by Gasteiger charge is -2.14. The molecule has 128 valence electrons. The molecular formula is C18H17Cl2N5. The zero-order valence-electron chi connectivity index (χ0n) is 13.8. The molecule has 1 aromatic heterocycles. The molecule has 0 spiro atoms. The van der Waals surface area contributed by atoms with Crippen LogP contribution in [0.15, 0.2) is 42.7 Å². The van der Waals surface area contributed by atoms with Gasteiger partial charge in [-0.05, 0) is 49.2 Å². The fourth-order valence-corrected chi connectivity index (χ4v) is 2.85. The summed E-state index contributed by atoms with van der Waals surface area (Å²) in [7, 11) is 0. The van der Waals surface area contributed by atoms with E-state index < -0.39 is 0 Å². The Morgan fingerprint density at radius 3 is 2.24 bits per heavy atom. The molecular weight excluding hydrogens is 357 g/mol. The van der Waals surface area contributed by atoms with E-state index in [0.717, 1.165) is 16.8 Å². The molecule has 0 amide bonds. The van der Waals surface area contributed by atoms with Gasteiger partial charge in [0.2, 0.25) is 0 Å². The molecule has 0 fully saturated rings. The van der Waals surface area contributed by atoms with Crippen molar-refractivity contribution in [2.24, 2.45) is 0 Å². The van der Waals surface area contributed by atoms with Gasteiger partial charge in [0.05, 0.1) is 15.7 Å². The highest BCUT2D eigenvalue weighted by Crippen LogP contribution is 2.34. The maximum atomic E-state index is 6.22. The van der Waals surface area contributed by atoms with Gasteiger partial charge in [-0.15, -0.1) is 0 Å². The number of halogens is 2. The topological polar surface area (TPSA) is 75.9 Å². The van der Waals surface area contributed by atoms with Gasteiger partial charge in [0.1, 0.15) is 12.0 Å². The predicted molar refractivity (Wildman–Crippen MR) is 105 cm³/mol. The molecule has 0 bridgehead atoms. The Morgan fingerprint density at radius 1 is 0.920 bits per heavy atom. The number of anilines is 5. The Kier molecular flexibility index (Phi) is 4.97. The molecule has 0 saturated carbocycles. The third kappa shape index (κ3) is 3.95. The summed E-state index contributed by atoms with van der Waals surface area (Å²) in [6.07, 6.45) is 1.43. The number of hydrogen-bond donors (Lipinski definition) is 3. The van der Waals surface area contributed by atoms with E-state index in [1.807, 2.05) is 26.0 Å². The highest BCUT2D eigenvalue weighted by atomic mass is 35.5. The fourth-order valence-electron chi connectivity index (χ4n) is 2.51. The van der Waals surface area contributed by atoms with Gasteiger partial charge in [0, 0.05) is 5.69 Å². The molecule has 3 aromatic rings. The molecule has 4 N–H and O–H groups in total. The van der Waals surface area contributed by atoms with Gasteiger partial charge in [0.15, 0.2) is 11.6 Å². The molecule has 0 aliphatic rings. The van der Waals surface area contributed by atoms with Gasteiger partial charge in [-0.3, -0.25) is 0 Å². The van der Waals surface area contributed by atoms with Crippen LogP contribution in [0, 0.1) is 13.8 Å². The second-order valence-electron chi connectivity index (χ2n) is 5.71. The first-order valence-corrected chi connectivity index (χ1v) is 8.36. The summed E-state index contributed by atoms with van der Waals surface area (Å²) < 4.78 is 0. The van der Waals surface area contributed by atoms with Crippen molar-refractivity contribution in [1.82, 2.24) is 9.97 Å². The fraction of sp³-hybridized carbons (Fsp3) is 0.111. The van der Waals surface area contributed by atoms with Crippen LogP contribution in [0.4, 0.5) is 28.7 Å². The molecule has 0 aliphatic heterocycles. The first kappa shape index (κ1) is 17.3. The number of aryl methyl sites for hydroxylation is 2. The zero-order chi connectivity index (χ0) is 18.0. The minimum atomic E-state index is 0.387. The Morgan fingerprint density at radius 2 is 1.56 bits per heavy atom. The van der Waals surface area contributed by atoms with Crippen molar-refractivity contribution in [3.63, 3.8) is 0 Å². The van der Waals surface area contributed by atoms with Crippen molar-refractivity contribution in [1.29, 1.82) is 0 Å². The van der Waals surface area contributed by atoms with Gasteiger partial charge in [0.25, 0.3) is 0 Å². The normalized spacial score (nSPS) is 10.6. The van der Waals surface area contributed by atoms with Crippen LogP contribution in [0.5, 0.6) is 0 Å². The van der Waals surface area contributed by atoms with Gasteiger partial charge < -0.3 is 16.4 Å². The summed E-state index contributed by atoms with van der Waals surface area (Å²) in [5.41, 5.74) is 10.4. The summed E-state index contributed by atoms with van der Waals surface area (Å²) >= 11 is 12.2. The molecule has 3 rings (SSSR count). The van der Waals surface area contributed by atoms with E-state index >= 15 is 0 Å². The minimum absolute atomic E-state index is 0.387. The Hall–Kier alpha value is -2.50. The van der Waals surface area contributed by atoms with E-state index in [2.05, 4.69) is 26.7 Å². The van der Waals surface area contributed by atoms with Gasteiger partial charge in [-0.1, -0.05) is 35.3 Å². The zero-order valence-corrected chi connectivity index (χ0v) is 15.3. The number of nitrogens with zero attached hydrogens (tertiary/aromatic N) is 2. The lowest BCUT2D eigenvalue weighted by Crippen LogP contribution is -2.05. The lowest BCUT2D eigenvalue weighted by molar-refractivity contribution is 1.17. The van der Waals surface area contributed by atoms with Gasteiger partial charge in [-0.25, -0.2) is 9.97 Å². The third-order valence-corrected chi connectivity index (χ3v) is 4.39. The largest absolute Gasteiger partial charge is 0.393 e. The number of benzene rings is 2. The van der Waals surface area contributed by atoms with Crippen molar-refractivity contribution < 1.29 is 0 Å². The molecule has 0 atom stereocenters. The molecule has 25 heavy (non-hydrogen) atoms. The number of nitrogens with two attached hydrogens (primary N) is 1. The number of aromatic nitrogens is 2. The van der Waals surface area contributed by atoms with Crippen LogP contribution in [0.25, 0.3) is 0 Å². The van der Waals surface area contributed by atoms with Crippen LogP contribution in [0.1, 0.15) is 11.1 Å². The van der Waals surface area contributed by atoms with Crippen LogP contribution in [-0.2, 0) is 0 Å². The average molecular weight is 374 g/mol. The van der Waals surface area contributed by atoms with Crippen LogP contribution in [0.2, 0.25) is 10.0 Å². The molecule has 0 radical (unpaired) electrons. The number of hydrogen-bond acceptors (Lipinski definition) is 5. The summed E-state index contributed by atoms with van der Waals surface area (Å²) in [5, 5.41) is 7.19. The van der Waals surface area contributed by atoms with Gasteiger partial charge in [-0.2, -0.15) is 0 Å². The number of nitrogen functional groups attached to an aromatic ring is 1. The van der Waals surface area contributed by atoms with Crippen molar-refractivity contribution in [3.8, 4) is 0 Å². The quantitative estimate of drug-likeness (QED) is 0.565. The van der Waals surface area contributed by atoms with E-state index in [9.17, 15) is 0 Å². The molecule has 0 unspecified atom stereocenters. The second-order valence-corrected chi connectivity index (χ2v) is 6.50. The van der Waals surface area contributed by atoms with Crippen molar-refractivity contribution in [2.75, 3.05) is 16.4 Å².